The molecular formula is C20H21ClO3. The van der Waals surface area contributed by atoms with Gasteiger partial charge in [0.1, 0.15) is 0 Å². The maximum absolute atomic E-state index is 12.8. The van der Waals surface area contributed by atoms with E-state index in [1.54, 1.807) is 39.8 Å². The van der Waals surface area contributed by atoms with E-state index in [0.717, 1.165) is 11.1 Å². The zero-order valence-electron chi connectivity index (χ0n) is 14.3. The first-order valence-electron chi connectivity index (χ1n) is 7.71. The highest BCUT2D eigenvalue weighted by Gasteiger charge is 2.48. The van der Waals surface area contributed by atoms with Crippen LogP contribution in [-0.2, 0) is 4.79 Å². The molecule has 0 aliphatic heterocycles. The molecule has 0 amide bonds. The number of aliphatic carboxylic acids is 1. The van der Waals surface area contributed by atoms with Crippen molar-refractivity contribution in [3.63, 3.8) is 0 Å². The molecule has 0 aliphatic rings. The number of carboxylic acids is 1. The Kier molecular flexibility index (Phi) is 4.86. The van der Waals surface area contributed by atoms with Crippen LogP contribution in [0.2, 0.25) is 5.02 Å². The third kappa shape index (κ3) is 3.22. The molecule has 3 nitrogen and oxygen atoms in total. The first-order valence-corrected chi connectivity index (χ1v) is 8.09. The van der Waals surface area contributed by atoms with Gasteiger partial charge in [-0.1, -0.05) is 61.8 Å². The molecule has 0 aliphatic carbocycles. The summed E-state index contributed by atoms with van der Waals surface area (Å²) >= 11 is 5.89. The minimum atomic E-state index is -1.17. The second-order valence-corrected chi connectivity index (χ2v) is 7.40. The van der Waals surface area contributed by atoms with E-state index < -0.39 is 16.8 Å². The average molecular weight is 345 g/mol. The molecule has 0 radical (unpaired) electrons. The van der Waals surface area contributed by atoms with E-state index in [1.807, 2.05) is 36.4 Å². The highest BCUT2D eigenvalue weighted by molar-refractivity contribution is 6.30. The third-order valence-electron chi connectivity index (χ3n) is 4.99. The lowest BCUT2D eigenvalue weighted by atomic mass is 9.64. The van der Waals surface area contributed by atoms with Crippen molar-refractivity contribution in [2.45, 2.75) is 27.7 Å². The Balaban J connectivity index is 2.32. The van der Waals surface area contributed by atoms with Gasteiger partial charge >= 0.3 is 5.97 Å². The van der Waals surface area contributed by atoms with E-state index in [0.29, 0.717) is 10.6 Å². The van der Waals surface area contributed by atoms with E-state index in [9.17, 15) is 14.7 Å². The Morgan fingerprint density at radius 3 is 1.62 bits per heavy atom. The summed E-state index contributed by atoms with van der Waals surface area (Å²) in [4.78, 5) is 24.3. The zero-order valence-corrected chi connectivity index (χ0v) is 15.0. The Hall–Kier alpha value is -2.13. The number of halogens is 1. The van der Waals surface area contributed by atoms with Gasteiger partial charge in [0.05, 0.1) is 5.41 Å². The third-order valence-corrected chi connectivity index (χ3v) is 5.24. The second-order valence-electron chi connectivity index (χ2n) is 6.97. The molecule has 2 aromatic rings. The van der Waals surface area contributed by atoms with Crippen molar-refractivity contribution in [3.05, 3.63) is 59.1 Å². The molecule has 4 heteroatoms. The van der Waals surface area contributed by atoms with Crippen molar-refractivity contribution in [1.82, 2.24) is 0 Å². The summed E-state index contributed by atoms with van der Waals surface area (Å²) in [5, 5.41) is 10.1. The van der Waals surface area contributed by atoms with Gasteiger partial charge in [-0.2, -0.15) is 0 Å². The number of hydrogen-bond donors (Lipinski definition) is 1. The van der Waals surface area contributed by atoms with Gasteiger partial charge in [0, 0.05) is 16.0 Å². The molecule has 0 saturated heterocycles. The minimum absolute atomic E-state index is 0.183. The Labute approximate surface area is 147 Å². The van der Waals surface area contributed by atoms with Crippen molar-refractivity contribution in [2.24, 2.45) is 10.8 Å². The number of carbonyl (C=O) groups is 2. The fraction of sp³-hybridized carbons (Fsp3) is 0.300. The summed E-state index contributed by atoms with van der Waals surface area (Å²) in [6.07, 6.45) is 0. The normalized spacial score (nSPS) is 12.0. The number of ketones is 1. The summed E-state index contributed by atoms with van der Waals surface area (Å²) in [5.41, 5.74) is 0.286. The Bertz CT molecular complexity index is 756. The van der Waals surface area contributed by atoms with Crippen LogP contribution in [0.4, 0.5) is 0 Å². The molecule has 0 aromatic heterocycles. The lowest BCUT2D eigenvalue weighted by Gasteiger charge is -2.36. The van der Waals surface area contributed by atoms with Crippen LogP contribution in [0, 0.1) is 10.8 Å². The molecule has 1 N–H and O–H groups in total. The van der Waals surface area contributed by atoms with Crippen LogP contribution in [0.15, 0.2) is 48.5 Å². The number of Topliss-reactive ketones (excluding diaryl/α,β-unsaturated/α-hetero) is 1. The smallest absolute Gasteiger partial charge is 0.310 e. The van der Waals surface area contributed by atoms with Gasteiger partial charge in [-0.15, -0.1) is 0 Å². The Morgan fingerprint density at radius 2 is 1.21 bits per heavy atom. The molecule has 0 bridgehead atoms. The summed E-state index contributed by atoms with van der Waals surface area (Å²) in [6, 6.07) is 14.7. The van der Waals surface area contributed by atoms with Crippen molar-refractivity contribution in [2.75, 3.05) is 0 Å². The van der Waals surface area contributed by atoms with Crippen LogP contribution in [-0.4, -0.2) is 16.9 Å². The summed E-state index contributed by atoms with van der Waals surface area (Å²) < 4.78 is 0. The first kappa shape index (κ1) is 18.2. The molecule has 0 atom stereocenters. The van der Waals surface area contributed by atoms with Crippen molar-refractivity contribution in [1.29, 1.82) is 0 Å². The predicted octanol–water partition coefficient (Wildman–Crippen LogP) is 5.33. The lowest BCUT2D eigenvalue weighted by molar-refractivity contribution is -0.152. The van der Waals surface area contributed by atoms with E-state index in [4.69, 9.17) is 11.6 Å². The van der Waals surface area contributed by atoms with Crippen LogP contribution in [0.25, 0.3) is 11.1 Å². The topological polar surface area (TPSA) is 54.4 Å². The molecule has 2 aromatic carbocycles. The molecule has 2 rings (SSSR count). The molecule has 0 spiro atoms. The quantitative estimate of drug-likeness (QED) is 0.746. The number of hydrogen-bond acceptors (Lipinski definition) is 2. The maximum atomic E-state index is 12.8. The summed E-state index contributed by atoms with van der Waals surface area (Å²) in [7, 11) is 0. The van der Waals surface area contributed by atoms with Gasteiger partial charge < -0.3 is 5.11 Å². The minimum Gasteiger partial charge on any atom is -0.481 e. The standard InChI is InChI=1S/C20H21ClO3/c1-19(2,20(3,4)18(23)24)17(22)15-7-5-13(6-8-15)14-9-11-16(21)12-10-14/h5-12H,1-4H3,(H,23,24). The Morgan fingerprint density at radius 1 is 0.792 bits per heavy atom. The molecule has 24 heavy (non-hydrogen) atoms. The average Bonchev–Trinajstić information content (AvgIpc) is 2.54. The van der Waals surface area contributed by atoms with E-state index in [2.05, 4.69) is 0 Å². The number of carboxylic acid groups (broad SMARTS) is 1. The van der Waals surface area contributed by atoms with E-state index in [1.165, 1.54) is 0 Å². The van der Waals surface area contributed by atoms with Gasteiger partial charge in [0.25, 0.3) is 0 Å². The fourth-order valence-corrected chi connectivity index (χ4v) is 2.49. The number of rotatable bonds is 5. The number of benzene rings is 2. The zero-order chi connectivity index (χ0) is 18.1. The predicted molar refractivity (Wildman–Crippen MR) is 96.4 cm³/mol. The first-order chi connectivity index (χ1) is 11.1. The van der Waals surface area contributed by atoms with Crippen LogP contribution < -0.4 is 0 Å². The van der Waals surface area contributed by atoms with Crippen LogP contribution in [0.3, 0.4) is 0 Å². The van der Waals surface area contributed by atoms with E-state index >= 15 is 0 Å². The van der Waals surface area contributed by atoms with E-state index in [-0.39, 0.29) is 5.78 Å². The summed E-state index contributed by atoms with van der Waals surface area (Å²) in [6.45, 7) is 6.51. The van der Waals surface area contributed by atoms with Gasteiger partial charge in [-0.05, 0) is 37.1 Å². The maximum Gasteiger partial charge on any atom is 0.310 e. The van der Waals surface area contributed by atoms with Crippen LogP contribution in [0.5, 0.6) is 0 Å². The highest BCUT2D eigenvalue weighted by atomic mass is 35.5. The van der Waals surface area contributed by atoms with Crippen molar-refractivity contribution in [3.8, 4) is 11.1 Å². The summed E-state index contributed by atoms with van der Waals surface area (Å²) in [5.74, 6) is -1.17. The van der Waals surface area contributed by atoms with Crippen molar-refractivity contribution < 1.29 is 14.7 Å². The van der Waals surface area contributed by atoms with Gasteiger partial charge in [-0.3, -0.25) is 9.59 Å². The van der Waals surface area contributed by atoms with Crippen LogP contribution in [0.1, 0.15) is 38.1 Å². The fourth-order valence-electron chi connectivity index (χ4n) is 2.37. The largest absolute Gasteiger partial charge is 0.481 e. The van der Waals surface area contributed by atoms with Crippen molar-refractivity contribution >= 4 is 23.4 Å². The molecular weight excluding hydrogens is 324 g/mol. The molecule has 0 fully saturated rings. The molecule has 126 valence electrons. The SMILES string of the molecule is CC(C)(C(=O)O)C(C)(C)C(=O)c1ccc(-c2ccc(Cl)cc2)cc1. The lowest BCUT2D eigenvalue weighted by Crippen LogP contribution is -2.45. The molecule has 0 unspecified atom stereocenters. The van der Waals surface area contributed by atoms with Gasteiger partial charge in [0.2, 0.25) is 0 Å². The monoisotopic (exact) mass is 344 g/mol. The number of carbonyl (C=O) groups excluding carboxylic acids is 1. The van der Waals surface area contributed by atoms with Crippen LogP contribution >= 0.6 is 11.6 Å². The second kappa shape index (κ2) is 6.40. The highest BCUT2D eigenvalue weighted by Crippen LogP contribution is 2.41. The van der Waals surface area contributed by atoms with Gasteiger partial charge in [-0.25, -0.2) is 0 Å². The van der Waals surface area contributed by atoms with Gasteiger partial charge in [0.15, 0.2) is 5.78 Å². The molecule has 0 heterocycles. The molecule has 0 saturated carbocycles.